The molecule has 0 aromatic rings. The molecule has 0 saturated heterocycles. The number of nitrogens with one attached hydrogen (secondary N) is 2. The van der Waals surface area contributed by atoms with Crippen molar-refractivity contribution in [2.75, 3.05) is 12.8 Å². The molecule has 0 heterocycles. The van der Waals surface area contributed by atoms with Crippen molar-refractivity contribution in [3.05, 3.63) is 0 Å². The summed E-state index contributed by atoms with van der Waals surface area (Å²) in [7, 11) is 0. The summed E-state index contributed by atoms with van der Waals surface area (Å²) in [6, 6.07) is -0.0777. The molecule has 118 valence electrons. The van der Waals surface area contributed by atoms with Gasteiger partial charge in [0.1, 0.15) is 0 Å². The monoisotopic (exact) mass is 304 g/mol. The van der Waals surface area contributed by atoms with Gasteiger partial charge in [-0.1, -0.05) is 20.3 Å². The molecular formula is C14H28N2O3S. The Hall–Kier alpha value is -0.910. The molecule has 0 fully saturated rings. The Morgan fingerprint density at radius 2 is 1.80 bits per heavy atom. The average molecular weight is 304 g/mol. The van der Waals surface area contributed by atoms with Gasteiger partial charge >= 0.3 is 12.0 Å². The highest BCUT2D eigenvalue weighted by Crippen LogP contribution is 2.10. The van der Waals surface area contributed by atoms with Crippen molar-refractivity contribution in [2.45, 2.75) is 57.7 Å². The third-order valence-electron chi connectivity index (χ3n) is 3.31. The summed E-state index contributed by atoms with van der Waals surface area (Å²) in [5.74, 6) is -1.07. The van der Waals surface area contributed by atoms with Gasteiger partial charge in [-0.25, -0.2) is 4.79 Å². The van der Waals surface area contributed by atoms with Crippen molar-refractivity contribution < 1.29 is 14.7 Å². The molecule has 0 aliphatic rings. The zero-order valence-electron chi connectivity index (χ0n) is 12.9. The van der Waals surface area contributed by atoms with E-state index in [1.807, 2.05) is 6.92 Å². The quantitative estimate of drug-likeness (QED) is 0.580. The Balaban J connectivity index is 3.67. The van der Waals surface area contributed by atoms with Gasteiger partial charge in [-0.2, -0.15) is 11.8 Å². The molecule has 0 saturated carbocycles. The maximum atomic E-state index is 11.6. The Morgan fingerprint density at radius 1 is 1.15 bits per heavy atom. The Labute approximate surface area is 126 Å². The second-order valence-electron chi connectivity index (χ2n) is 5.31. The third-order valence-corrected chi connectivity index (χ3v) is 4.35. The van der Waals surface area contributed by atoms with Gasteiger partial charge in [0.05, 0.1) is 5.92 Å². The molecule has 0 aliphatic carbocycles. The summed E-state index contributed by atoms with van der Waals surface area (Å²) in [5.41, 5.74) is 0. The summed E-state index contributed by atoms with van der Waals surface area (Å²) >= 11 is 1.79. The minimum atomic E-state index is -0.758. The molecule has 0 rings (SSSR count). The van der Waals surface area contributed by atoms with Gasteiger partial charge in [0.15, 0.2) is 0 Å². The molecule has 6 heteroatoms. The van der Waals surface area contributed by atoms with Gasteiger partial charge in [0, 0.05) is 17.8 Å². The van der Waals surface area contributed by atoms with Crippen LogP contribution in [-0.2, 0) is 4.79 Å². The van der Waals surface area contributed by atoms with E-state index in [4.69, 9.17) is 5.11 Å². The van der Waals surface area contributed by atoms with Gasteiger partial charge in [-0.05, 0) is 32.4 Å². The highest BCUT2D eigenvalue weighted by atomic mass is 32.2. The SMILES string of the molecule is CSC(C)CCNC(=O)NC(C)CCCC(C)C(=O)O. The summed E-state index contributed by atoms with van der Waals surface area (Å²) in [6.45, 7) is 6.46. The molecule has 0 bridgehead atoms. The summed E-state index contributed by atoms with van der Waals surface area (Å²) in [4.78, 5) is 22.3. The van der Waals surface area contributed by atoms with Crippen LogP contribution >= 0.6 is 11.8 Å². The van der Waals surface area contributed by atoms with E-state index in [0.29, 0.717) is 18.2 Å². The highest BCUT2D eigenvalue weighted by Gasteiger charge is 2.12. The van der Waals surface area contributed by atoms with Crippen LogP contribution in [0.15, 0.2) is 0 Å². The van der Waals surface area contributed by atoms with Crippen LogP contribution in [0.2, 0.25) is 0 Å². The van der Waals surface area contributed by atoms with Crippen LogP contribution < -0.4 is 10.6 Å². The van der Waals surface area contributed by atoms with E-state index >= 15 is 0 Å². The lowest BCUT2D eigenvalue weighted by Crippen LogP contribution is -2.41. The van der Waals surface area contributed by atoms with E-state index in [0.717, 1.165) is 19.3 Å². The fraction of sp³-hybridized carbons (Fsp3) is 0.857. The molecule has 3 unspecified atom stereocenters. The van der Waals surface area contributed by atoms with E-state index in [-0.39, 0.29) is 18.0 Å². The van der Waals surface area contributed by atoms with Gasteiger partial charge < -0.3 is 15.7 Å². The van der Waals surface area contributed by atoms with Gasteiger partial charge in [-0.3, -0.25) is 4.79 Å². The number of thioether (sulfide) groups is 1. The van der Waals surface area contributed by atoms with Crippen LogP contribution in [0, 0.1) is 5.92 Å². The number of rotatable bonds is 10. The van der Waals surface area contributed by atoms with E-state index in [9.17, 15) is 9.59 Å². The van der Waals surface area contributed by atoms with Gasteiger partial charge in [-0.15, -0.1) is 0 Å². The van der Waals surface area contributed by atoms with E-state index < -0.39 is 5.97 Å². The van der Waals surface area contributed by atoms with Crippen molar-refractivity contribution in [1.82, 2.24) is 10.6 Å². The average Bonchev–Trinajstić information content (AvgIpc) is 2.37. The van der Waals surface area contributed by atoms with E-state index in [1.165, 1.54) is 0 Å². The first-order chi connectivity index (χ1) is 9.36. The van der Waals surface area contributed by atoms with Crippen LogP contribution in [-0.4, -0.2) is 41.2 Å². The molecule has 0 aliphatic heterocycles. The fourth-order valence-electron chi connectivity index (χ4n) is 1.71. The smallest absolute Gasteiger partial charge is 0.314 e. The topological polar surface area (TPSA) is 78.4 Å². The Bertz CT molecular complexity index is 300. The largest absolute Gasteiger partial charge is 0.481 e. The van der Waals surface area contributed by atoms with Crippen molar-refractivity contribution in [1.29, 1.82) is 0 Å². The first-order valence-electron chi connectivity index (χ1n) is 7.16. The molecule has 3 N–H and O–H groups in total. The van der Waals surface area contributed by atoms with Crippen molar-refractivity contribution in [2.24, 2.45) is 5.92 Å². The molecule has 0 aromatic heterocycles. The molecular weight excluding hydrogens is 276 g/mol. The second-order valence-corrected chi connectivity index (χ2v) is 6.58. The number of urea groups is 1. The number of carbonyl (C=O) groups excluding carboxylic acids is 1. The van der Waals surface area contributed by atoms with E-state index in [1.54, 1.807) is 18.7 Å². The Kier molecular flexibility index (Phi) is 10.3. The first-order valence-corrected chi connectivity index (χ1v) is 8.45. The minimum absolute atomic E-state index is 0.0639. The molecule has 20 heavy (non-hydrogen) atoms. The number of carbonyl (C=O) groups is 2. The third kappa shape index (κ3) is 9.95. The molecule has 0 radical (unpaired) electrons. The number of hydrogen-bond donors (Lipinski definition) is 3. The van der Waals surface area contributed by atoms with Crippen LogP contribution in [0.1, 0.15) is 46.5 Å². The predicted octanol–water partition coefficient (Wildman–Crippen LogP) is 2.71. The van der Waals surface area contributed by atoms with Crippen molar-refractivity contribution >= 4 is 23.8 Å². The van der Waals surface area contributed by atoms with Crippen molar-refractivity contribution in [3.8, 4) is 0 Å². The summed E-state index contributed by atoms with van der Waals surface area (Å²) < 4.78 is 0. The molecule has 5 nitrogen and oxygen atoms in total. The second kappa shape index (κ2) is 10.8. The fourth-order valence-corrected chi connectivity index (χ4v) is 2.06. The normalized spacial score (nSPS) is 15.2. The lowest BCUT2D eigenvalue weighted by Gasteiger charge is -2.16. The number of aliphatic carboxylic acids is 1. The molecule has 2 amide bonds. The van der Waals surface area contributed by atoms with Crippen LogP contribution in [0.3, 0.4) is 0 Å². The molecule has 0 aromatic carbocycles. The standard InChI is InChI=1S/C14H28N2O3S/c1-10(13(17)18)6-5-7-11(2)16-14(19)15-9-8-12(3)20-4/h10-12H,5-9H2,1-4H3,(H,17,18)(H2,15,16,19). The zero-order valence-corrected chi connectivity index (χ0v) is 13.8. The lowest BCUT2D eigenvalue weighted by atomic mass is 10.0. The number of carboxylic acids is 1. The lowest BCUT2D eigenvalue weighted by molar-refractivity contribution is -0.141. The van der Waals surface area contributed by atoms with Crippen LogP contribution in [0.25, 0.3) is 0 Å². The Morgan fingerprint density at radius 3 is 2.35 bits per heavy atom. The summed E-state index contributed by atoms with van der Waals surface area (Å²) in [6.07, 6.45) is 5.27. The molecule has 3 atom stereocenters. The molecule has 0 spiro atoms. The van der Waals surface area contributed by atoms with Crippen LogP contribution in [0.4, 0.5) is 4.79 Å². The van der Waals surface area contributed by atoms with Crippen LogP contribution in [0.5, 0.6) is 0 Å². The van der Waals surface area contributed by atoms with Crippen molar-refractivity contribution in [3.63, 3.8) is 0 Å². The van der Waals surface area contributed by atoms with Gasteiger partial charge in [0.25, 0.3) is 0 Å². The zero-order chi connectivity index (χ0) is 15.5. The first kappa shape index (κ1) is 19.1. The maximum Gasteiger partial charge on any atom is 0.314 e. The number of amides is 2. The van der Waals surface area contributed by atoms with E-state index in [2.05, 4.69) is 23.8 Å². The summed E-state index contributed by atoms with van der Waals surface area (Å²) in [5, 5.41) is 15.0. The number of carboxylic acid groups (broad SMARTS) is 1. The minimum Gasteiger partial charge on any atom is -0.481 e. The van der Waals surface area contributed by atoms with Gasteiger partial charge in [0.2, 0.25) is 0 Å². The predicted molar refractivity (Wildman–Crippen MR) is 84.2 cm³/mol. The highest BCUT2D eigenvalue weighted by molar-refractivity contribution is 7.99. The maximum absolute atomic E-state index is 11.6. The number of hydrogen-bond acceptors (Lipinski definition) is 3.